The van der Waals surface area contributed by atoms with E-state index in [1.807, 2.05) is 25.5 Å². The molecule has 15 heavy (non-hydrogen) atoms. The summed E-state index contributed by atoms with van der Waals surface area (Å²) in [7, 11) is 1.87. The van der Waals surface area contributed by atoms with Crippen LogP contribution >= 0.6 is 0 Å². The highest BCUT2D eigenvalue weighted by molar-refractivity contribution is 5.18. The lowest BCUT2D eigenvalue weighted by atomic mass is 10.4. The molecule has 0 saturated heterocycles. The molecule has 0 bridgehead atoms. The van der Waals surface area contributed by atoms with Crippen molar-refractivity contribution in [2.45, 2.75) is 13.5 Å². The quantitative estimate of drug-likeness (QED) is 0.771. The fraction of sp³-hybridized carbons (Fsp3) is 0.444. The standard InChI is InChI=1S/C9H14N6/c1-3-10-6-8-7-15(13-11-8)9-4-5-14(2)12-9/h4-5,7,10H,3,6H2,1-2H3. The van der Waals surface area contributed by atoms with E-state index in [1.54, 1.807) is 9.36 Å². The molecule has 0 aromatic carbocycles. The van der Waals surface area contributed by atoms with Crippen LogP contribution in [0.25, 0.3) is 5.82 Å². The van der Waals surface area contributed by atoms with Crippen molar-refractivity contribution >= 4 is 0 Å². The van der Waals surface area contributed by atoms with Gasteiger partial charge in [0.05, 0.1) is 11.9 Å². The summed E-state index contributed by atoms with van der Waals surface area (Å²) in [6, 6.07) is 1.89. The van der Waals surface area contributed by atoms with Crippen LogP contribution in [0.15, 0.2) is 18.5 Å². The van der Waals surface area contributed by atoms with E-state index in [0.717, 1.165) is 24.6 Å². The summed E-state index contributed by atoms with van der Waals surface area (Å²) >= 11 is 0. The minimum atomic E-state index is 0.739. The van der Waals surface area contributed by atoms with E-state index in [9.17, 15) is 0 Å². The van der Waals surface area contributed by atoms with Crippen LogP contribution in [-0.2, 0) is 13.6 Å². The number of nitrogens with zero attached hydrogens (tertiary/aromatic N) is 5. The van der Waals surface area contributed by atoms with E-state index >= 15 is 0 Å². The molecule has 0 spiro atoms. The first kappa shape index (κ1) is 9.85. The number of hydrogen-bond acceptors (Lipinski definition) is 4. The lowest BCUT2D eigenvalue weighted by Crippen LogP contribution is -2.11. The van der Waals surface area contributed by atoms with Crippen molar-refractivity contribution in [3.63, 3.8) is 0 Å². The molecular formula is C9H14N6. The average molecular weight is 206 g/mol. The molecule has 6 heteroatoms. The van der Waals surface area contributed by atoms with Gasteiger partial charge in [-0.3, -0.25) is 4.68 Å². The van der Waals surface area contributed by atoms with E-state index in [-0.39, 0.29) is 0 Å². The van der Waals surface area contributed by atoms with Crippen LogP contribution in [0, 0.1) is 0 Å². The lowest BCUT2D eigenvalue weighted by molar-refractivity contribution is 0.700. The molecule has 1 N–H and O–H groups in total. The molecule has 0 fully saturated rings. The molecule has 80 valence electrons. The van der Waals surface area contributed by atoms with Crippen LogP contribution in [0.4, 0.5) is 0 Å². The number of aryl methyl sites for hydroxylation is 1. The third kappa shape index (κ3) is 2.21. The van der Waals surface area contributed by atoms with Gasteiger partial charge in [-0.25, -0.2) is 4.68 Å². The molecule has 0 saturated carbocycles. The Morgan fingerprint density at radius 1 is 1.47 bits per heavy atom. The topological polar surface area (TPSA) is 60.6 Å². The highest BCUT2D eigenvalue weighted by atomic mass is 15.5. The molecule has 0 radical (unpaired) electrons. The maximum atomic E-state index is 4.23. The zero-order chi connectivity index (χ0) is 10.7. The first-order valence-corrected chi connectivity index (χ1v) is 4.91. The first-order valence-electron chi connectivity index (χ1n) is 4.91. The Morgan fingerprint density at radius 2 is 2.33 bits per heavy atom. The molecule has 0 aliphatic rings. The predicted molar refractivity (Wildman–Crippen MR) is 55.5 cm³/mol. The van der Waals surface area contributed by atoms with Gasteiger partial charge in [-0.05, 0) is 6.54 Å². The van der Waals surface area contributed by atoms with Crippen molar-refractivity contribution in [1.82, 2.24) is 30.1 Å². The zero-order valence-corrected chi connectivity index (χ0v) is 8.88. The van der Waals surface area contributed by atoms with Gasteiger partial charge in [0, 0.05) is 25.9 Å². The molecule has 0 unspecified atom stereocenters. The van der Waals surface area contributed by atoms with E-state index in [0.29, 0.717) is 0 Å². The van der Waals surface area contributed by atoms with Crippen LogP contribution in [0.5, 0.6) is 0 Å². The Morgan fingerprint density at radius 3 is 3.00 bits per heavy atom. The maximum absolute atomic E-state index is 4.23. The van der Waals surface area contributed by atoms with Gasteiger partial charge in [-0.1, -0.05) is 12.1 Å². The largest absolute Gasteiger partial charge is 0.311 e. The molecule has 0 aliphatic heterocycles. The molecular weight excluding hydrogens is 192 g/mol. The molecule has 2 rings (SSSR count). The van der Waals surface area contributed by atoms with E-state index < -0.39 is 0 Å². The highest BCUT2D eigenvalue weighted by Crippen LogP contribution is 2.02. The molecule has 2 aromatic rings. The normalized spacial score (nSPS) is 10.8. The fourth-order valence-corrected chi connectivity index (χ4v) is 1.27. The van der Waals surface area contributed by atoms with Crippen LogP contribution in [0.1, 0.15) is 12.6 Å². The van der Waals surface area contributed by atoms with Crippen molar-refractivity contribution in [3.8, 4) is 5.82 Å². The van der Waals surface area contributed by atoms with Crippen LogP contribution in [0.2, 0.25) is 0 Å². The fourth-order valence-electron chi connectivity index (χ4n) is 1.27. The minimum Gasteiger partial charge on any atom is -0.311 e. The monoisotopic (exact) mass is 206 g/mol. The van der Waals surface area contributed by atoms with Gasteiger partial charge >= 0.3 is 0 Å². The minimum absolute atomic E-state index is 0.739. The SMILES string of the molecule is CCNCc1cn(-c2ccn(C)n2)nn1. The summed E-state index contributed by atoms with van der Waals surface area (Å²) in [5, 5.41) is 15.5. The van der Waals surface area contributed by atoms with Gasteiger partial charge in [0.15, 0.2) is 5.82 Å². The van der Waals surface area contributed by atoms with Crippen molar-refractivity contribution < 1.29 is 0 Å². The first-order chi connectivity index (χ1) is 7.29. The summed E-state index contributed by atoms with van der Waals surface area (Å²) < 4.78 is 3.41. The number of nitrogens with one attached hydrogen (secondary N) is 1. The van der Waals surface area contributed by atoms with Crippen LogP contribution in [0.3, 0.4) is 0 Å². The Balaban J connectivity index is 2.13. The predicted octanol–water partition coefficient (Wildman–Crippen LogP) is 0.110. The summed E-state index contributed by atoms with van der Waals surface area (Å²) in [6.45, 7) is 3.73. The lowest BCUT2D eigenvalue weighted by Gasteiger charge is -1.94. The number of aromatic nitrogens is 5. The van der Waals surface area contributed by atoms with Gasteiger partial charge < -0.3 is 5.32 Å². The van der Waals surface area contributed by atoms with E-state index in [1.165, 1.54) is 0 Å². The molecule has 2 aromatic heterocycles. The van der Waals surface area contributed by atoms with Crippen molar-refractivity contribution in [2.24, 2.45) is 7.05 Å². The molecule has 6 nitrogen and oxygen atoms in total. The third-order valence-electron chi connectivity index (χ3n) is 2.03. The van der Waals surface area contributed by atoms with E-state index in [4.69, 9.17) is 0 Å². The molecule has 0 amide bonds. The van der Waals surface area contributed by atoms with Gasteiger partial charge in [-0.2, -0.15) is 5.10 Å². The van der Waals surface area contributed by atoms with Crippen LogP contribution in [-0.4, -0.2) is 31.3 Å². The summed E-state index contributed by atoms with van der Waals surface area (Å²) in [5.41, 5.74) is 0.919. The highest BCUT2D eigenvalue weighted by Gasteiger charge is 2.03. The van der Waals surface area contributed by atoms with Gasteiger partial charge in [-0.15, -0.1) is 5.10 Å². The Labute approximate surface area is 87.9 Å². The van der Waals surface area contributed by atoms with Crippen molar-refractivity contribution in [2.75, 3.05) is 6.54 Å². The van der Waals surface area contributed by atoms with Gasteiger partial charge in [0.25, 0.3) is 0 Å². The maximum Gasteiger partial charge on any atom is 0.176 e. The smallest absolute Gasteiger partial charge is 0.176 e. The summed E-state index contributed by atoms with van der Waals surface area (Å²) in [6.07, 6.45) is 3.76. The Hall–Kier alpha value is -1.69. The van der Waals surface area contributed by atoms with E-state index in [2.05, 4.69) is 27.7 Å². The Bertz CT molecular complexity index is 429. The third-order valence-corrected chi connectivity index (χ3v) is 2.03. The van der Waals surface area contributed by atoms with Crippen LogP contribution < -0.4 is 5.32 Å². The van der Waals surface area contributed by atoms with Gasteiger partial charge in [0.2, 0.25) is 0 Å². The number of hydrogen-bond donors (Lipinski definition) is 1. The van der Waals surface area contributed by atoms with Gasteiger partial charge in [0.1, 0.15) is 0 Å². The second-order valence-electron chi connectivity index (χ2n) is 3.28. The molecule has 2 heterocycles. The molecule has 0 atom stereocenters. The second-order valence-corrected chi connectivity index (χ2v) is 3.28. The van der Waals surface area contributed by atoms with Crippen molar-refractivity contribution in [1.29, 1.82) is 0 Å². The Kier molecular flexibility index (Phi) is 2.77. The summed E-state index contributed by atoms with van der Waals surface area (Å²) in [5.74, 6) is 0.785. The number of rotatable bonds is 4. The molecule has 0 aliphatic carbocycles. The van der Waals surface area contributed by atoms with Crippen molar-refractivity contribution in [3.05, 3.63) is 24.2 Å². The summed E-state index contributed by atoms with van der Waals surface area (Å²) in [4.78, 5) is 0. The zero-order valence-electron chi connectivity index (χ0n) is 8.88. The average Bonchev–Trinajstić information content (AvgIpc) is 2.83. The second kappa shape index (κ2) is 4.22.